The summed E-state index contributed by atoms with van der Waals surface area (Å²) in [5.41, 5.74) is 4.49. The second kappa shape index (κ2) is 6.26. The molecular weight excluding hydrogens is 262 g/mol. The van der Waals surface area contributed by atoms with E-state index < -0.39 is 0 Å². The normalized spacial score (nSPS) is 10.2. The van der Waals surface area contributed by atoms with Crippen LogP contribution < -0.4 is 16.6 Å². The monoisotopic (exact) mass is 277 g/mol. The molecule has 4 N–H and O–H groups in total. The number of hydrogen-bond acceptors (Lipinski definition) is 6. The van der Waals surface area contributed by atoms with Gasteiger partial charge in [0.05, 0.1) is 22.6 Å². The standard InChI is InChI=1S/C12H15N5OS/c1-8-16-10(7-19-8)4-5-14-12(18)11-3-2-9(17-13)6-15-11/h2-3,6-7,17H,4-5,13H2,1H3,(H,14,18). The summed E-state index contributed by atoms with van der Waals surface area (Å²) in [4.78, 5) is 20.1. The van der Waals surface area contributed by atoms with Gasteiger partial charge in [-0.05, 0) is 19.1 Å². The SMILES string of the molecule is Cc1nc(CCNC(=O)c2ccc(NN)cn2)cs1. The molecule has 2 aromatic rings. The van der Waals surface area contributed by atoms with E-state index in [1.807, 2.05) is 12.3 Å². The average molecular weight is 277 g/mol. The van der Waals surface area contributed by atoms with Gasteiger partial charge in [0.2, 0.25) is 0 Å². The summed E-state index contributed by atoms with van der Waals surface area (Å²) in [6, 6.07) is 3.32. The molecule has 19 heavy (non-hydrogen) atoms. The topological polar surface area (TPSA) is 92.9 Å². The van der Waals surface area contributed by atoms with Crippen LogP contribution in [-0.4, -0.2) is 22.4 Å². The highest BCUT2D eigenvalue weighted by Crippen LogP contribution is 2.08. The van der Waals surface area contributed by atoms with Gasteiger partial charge in [-0.3, -0.25) is 10.6 Å². The van der Waals surface area contributed by atoms with E-state index in [0.29, 0.717) is 17.9 Å². The van der Waals surface area contributed by atoms with E-state index in [1.54, 1.807) is 23.5 Å². The predicted molar refractivity (Wildman–Crippen MR) is 74.9 cm³/mol. The Balaban J connectivity index is 1.83. The number of nitrogens with two attached hydrogens (primary N) is 1. The molecule has 0 radical (unpaired) electrons. The van der Waals surface area contributed by atoms with Gasteiger partial charge in [0.15, 0.2) is 0 Å². The molecule has 0 spiro atoms. The van der Waals surface area contributed by atoms with Crippen LogP contribution in [0.25, 0.3) is 0 Å². The fourth-order valence-corrected chi connectivity index (χ4v) is 2.18. The molecule has 0 fully saturated rings. The first-order chi connectivity index (χ1) is 9.19. The molecule has 2 aromatic heterocycles. The Bertz CT molecular complexity index is 552. The smallest absolute Gasteiger partial charge is 0.269 e. The third kappa shape index (κ3) is 3.73. The quantitative estimate of drug-likeness (QED) is 0.562. The Morgan fingerprint density at radius 1 is 1.47 bits per heavy atom. The van der Waals surface area contributed by atoms with E-state index in [2.05, 4.69) is 20.7 Å². The molecule has 0 saturated carbocycles. The van der Waals surface area contributed by atoms with Gasteiger partial charge in [0, 0.05) is 18.3 Å². The van der Waals surface area contributed by atoms with Crippen molar-refractivity contribution in [2.24, 2.45) is 5.84 Å². The third-order valence-electron chi connectivity index (χ3n) is 2.50. The van der Waals surface area contributed by atoms with Crippen LogP contribution in [-0.2, 0) is 6.42 Å². The highest BCUT2D eigenvalue weighted by Gasteiger charge is 2.06. The van der Waals surface area contributed by atoms with Crippen molar-refractivity contribution in [1.29, 1.82) is 0 Å². The molecule has 0 saturated heterocycles. The van der Waals surface area contributed by atoms with Crippen molar-refractivity contribution >= 4 is 22.9 Å². The summed E-state index contributed by atoms with van der Waals surface area (Å²) in [7, 11) is 0. The Morgan fingerprint density at radius 2 is 2.32 bits per heavy atom. The first-order valence-electron chi connectivity index (χ1n) is 5.81. The number of aryl methyl sites for hydroxylation is 1. The summed E-state index contributed by atoms with van der Waals surface area (Å²) in [6.45, 7) is 2.50. The lowest BCUT2D eigenvalue weighted by molar-refractivity contribution is 0.0949. The van der Waals surface area contributed by atoms with Gasteiger partial charge in [0.25, 0.3) is 5.91 Å². The van der Waals surface area contributed by atoms with Crippen LogP contribution in [0.2, 0.25) is 0 Å². The summed E-state index contributed by atoms with van der Waals surface area (Å²) in [5, 5.41) is 5.84. The highest BCUT2D eigenvalue weighted by molar-refractivity contribution is 7.09. The molecule has 1 amide bonds. The third-order valence-corrected chi connectivity index (χ3v) is 3.32. The number of carbonyl (C=O) groups is 1. The molecule has 7 heteroatoms. The number of aromatic nitrogens is 2. The number of nitrogens with one attached hydrogen (secondary N) is 2. The van der Waals surface area contributed by atoms with Crippen LogP contribution in [0.5, 0.6) is 0 Å². The fraction of sp³-hybridized carbons (Fsp3) is 0.250. The second-order valence-electron chi connectivity index (χ2n) is 3.94. The van der Waals surface area contributed by atoms with E-state index >= 15 is 0 Å². The highest BCUT2D eigenvalue weighted by atomic mass is 32.1. The van der Waals surface area contributed by atoms with Gasteiger partial charge in [-0.15, -0.1) is 11.3 Å². The maximum atomic E-state index is 11.8. The van der Waals surface area contributed by atoms with Gasteiger partial charge in [-0.2, -0.15) is 0 Å². The number of pyridine rings is 1. The number of hydrogen-bond donors (Lipinski definition) is 3. The molecule has 0 aromatic carbocycles. The molecular formula is C12H15N5OS. The van der Waals surface area contributed by atoms with Crippen LogP contribution in [0.1, 0.15) is 21.2 Å². The Hall–Kier alpha value is -1.99. The Morgan fingerprint density at radius 3 is 2.89 bits per heavy atom. The summed E-state index contributed by atoms with van der Waals surface area (Å²) >= 11 is 1.61. The number of carbonyl (C=O) groups excluding carboxylic acids is 1. The Labute approximate surface area is 115 Å². The van der Waals surface area contributed by atoms with Crippen molar-refractivity contribution in [2.45, 2.75) is 13.3 Å². The van der Waals surface area contributed by atoms with Crippen LogP contribution in [0.3, 0.4) is 0 Å². The summed E-state index contributed by atoms with van der Waals surface area (Å²) in [6.07, 6.45) is 2.23. The second-order valence-corrected chi connectivity index (χ2v) is 5.00. The number of nitrogens with zero attached hydrogens (tertiary/aromatic N) is 2. The van der Waals surface area contributed by atoms with E-state index in [-0.39, 0.29) is 5.91 Å². The molecule has 6 nitrogen and oxygen atoms in total. The van der Waals surface area contributed by atoms with Crippen molar-refractivity contribution in [3.8, 4) is 0 Å². The molecule has 0 aliphatic rings. The number of amides is 1. The number of nitrogen functional groups attached to an aromatic ring is 1. The number of rotatable bonds is 5. The zero-order valence-corrected chi connectivity index (χ0v) is 11.3. The molecule has 100 valence electrons. The average Bonchev–Trinajstić information content (AvgIpc) is 2.84. The summed E-state index contributed by atoms with van der Waals surface area (Å²) < 4.78 is 0. The zero-order valence-electron chi connectivity index (χ0n) is 10.5. The zero-order chi connectivity index (χ0) is 13.7. The van der Waals surface area contributed by atoms with E-state index in [0.717, 1.165) is 17.1 Å². The minimum Gasteiger partial charge on any atom is -0.350 e. The van der Waals surface area contributed by atoms with Gasteiger partial charge < -0.3 is 10.7 Å². The maximum absolute atomic E-state index is 11.8. The lowest BCUT2D eigenvalue weighted by Crippen LogP contribution is -2.26. The van der Waals surface area contributed by atoms with Crippen molar-refractivity contribution in [1.82, 2.24) is 15.3 Å². The van der Waals surface area contributed by atoms with Gasteiger partial charge in [0.1, 0.15) is 5.69 Å². The predicted octanol–water partition coefficient (Wildman–Crippen LogP) is 1.10. The molecule has 2 heterocycles. The number of thiazole rings is 1. The maximum Gasteiger partial charge on any atom is 0.269 e. The van der Waals surface area contributed by atoms with Crippen molar-refractivity contribution < 1.29 is 4.79 Å². The van der Waals surface area contributed by atoms with Gasteiger partial charge >= 0.3 is 0 Å². The molecule has 0 aliphatic carbocycles. The van der Waals surface area contributed by atoms with Crippen LogP contribution in [0.15, 0.2) is 23.7 Å². The minimum absolute atomic E-state index is 0.199. The lowest BCUT2D eigenvalue weighted by atomic mass is 10.3. The summed E-state index contributed by atoms with van der Waals surface area (Å²) in [5.74, 6) is 5.03. The first-order valence-corrected chi connectivity index (χ1v) is 6.69. The fourth-order valence-electron chi connectivity index (χ4n) is 1.53. The van der Waals surface area contributed by atoms with Crippen molar-refractivity contribution in [3.63, 3.8) is 0 Å². The van der Waals surface area contributed by atoms with Crippen LogP contribution in [0, 0.1) is 6.92 Å². The largest absolute Gasteiger partial charge is 0.350 e. The van der Waals surface area contributed by atoms with Crippen molar-refractivity contribution in [2.75, 3.05) is 12.0 Å². The molecule has 2 rings (SSSR count). The molecule has 0 aliphatic heterocycles. The van der Waals surface area contributed by atoms with Gasteiger partial charge in [-0.25, -0.2) is 9.97 Å². The van der Waals surface area contributed by atoms with Gasteiger partial charge in [-0.1, -0.05) is 0 Å². The van der Waals surface area contributed by atoms with Crippen LogP contribution in [0.4, 0.5) is 5.69 Å². The number of anilines is 1. The number of hydrazine groups is 1. The first kappa shape index (κ1) is 13.4. The van der Waals surface area contributed by atoms with E-state index in [1.165, 1.54) is 6.20 Å². The van der Waals surface area contributed by atoms with Crippen LogP contribution >= 0.6 is 11.3 Å². The minimum atomic E-state index is -0.199. The molecule has 0 unspecified atom stereocenters. The molecule has 0 atom stereocenters. The van der Waals surface area contributed by atoms with Crippen molar-refractivity contribution in [3.05, 3.63) is 40.1 Å². The van der Waals surface area contributed by atoms with E-state index in [9.17, 15) is 4.79 Å². The Kier molecular flexibility index (Phi) is 4.43. The lowest BCUT2D eigenvalue weighted by Gasteiger charge is -2.04. The van der Waals surface area contributed by atoms with E-state index in [4.69, 9.17) is 5.84 Å². The molecule has 0 bridgehead atoms.